The van der Waals surface area contributed by atoms with Gasteiger partial charge in [-0.05, 0) is 34.5 Å². The molecule has 0 spiro atoms. The molecule has 0 aliphatic rings. The van der Waals surface area contributed by atoms with Gasteiger partial charge in [-0.1, -0.05) is 43.7 Å². The third-order valence-corrected chi connectivity index (χ3v) is 3.44. The molecular formula is C12H16BrNO2. The van der Waals surface area contributed by atoms with Crippen molar-refractivity contribution in [2.24, 2.45) is 0 Å². The fraction of sp³-hybridized carbons (Fsp3) is 0.417. The minimum absolute atomic E-state index is 0.670. The summed E-state index contributed by atoms with van der Waals surface area (Å²) in [5, 5.41) is 12.3. The Bertz CT molecular complexity index is 342. The first kappa shape index (κ1) is 13.2. The Hall–Kier alpha value is -0.870. The van der Waals surface area contributed by atoms with Crippen molar-refractivity contribution < 1.29 is 9.90 Å². The first-order chi connectivity index (χ1) is 7.61. The summed E-state index contributed by atoms with van der Waals surface area (Å²) in [5.74, 6) is -0.921. The molecule has 0 aliphatic carbocycles. The molecule has 16 heavy (non-hydrogen) atoms. The lowest BCUT2D eigenvalue weighted by atomic mass is 10.1. The summed E-state index contributed by atoms with van der Waals surface area (Å²) < 4.78 is -1.18. The molecule has 4 heteroatoms. The van der Waals surface area contributed by atoms with Crippen LogP contribution in [0.4, 0.5) is 0 Å². The lowest BCUT2D eigenvalue weighted by Gasteiger charge is -2.24. The second-order valence-corrected chi connectivity index (χ2v) is 4.80. The largest absolute Gasteiger partial charge is 0.479 e. The number of alkyl halides is 1. The molecule has 0 saturated heterocycles. The highest BCUT2D eigenvalue weighted by molar-refractivity contribution is 9.10. The molecule has 0 aromatic heterocycles. The molecule has 0 aliphatic heterocycles. The Kier molecular flexibility index (Phi) is 4.96. The van der Waals surface area contributed by atoms with Crippen LogP contribution in [0, 0.1) is 0 Å². The van der Waals surface area contributed by atoms with Crippen molar-refractivity contribution in [2.45, 2.75) is 24.2 Å². The molecule has 1 unspecified atom stereocenters. The van der Waals surface area contributed by atoms with Crippen molar-refractivity contribution in [1.29, 1.82) is 0 Å². The van der Waals surface area contributed by atoms with E-state index < -0.39 is 10.4 Å². The first-order valence-corrected chi connectivity index (χ1v) is 6.13. The van der Waals surface area contributed by atoms with E-state index in [-0.39, 0.29) is 0 Å². The first-order valence-electron chi connectivity index (χ1n) is 5.34. The summed E-state index contributed by atoms with van der Waals surface area (Å²) in [6.45, 7) is 2.74. The fourth-order valence-electron chi connectivity index (χ4n) is 1.41. The van der Waals surface area contributed by atoms with Gasteiger partial charge in [-0.2, -0.15) is 0 Å². The summed E-state index contributed by atoms with van der Waals surface area (Å²) in [6, 6.07) is 9.11. The SMILES string of the molecule is CCCCNC(Br)(C(=O)O)c1ccccc1. The number of unbranched alkanes of at least 4 members (excludes halogenated alkanes) is 1. The maximum atomic E-state index is 11.3. The zero-order valence-electron chi connectivity index (χ0n) is 9.24. The van der Waals surface area contributed by atoms with Crippen LogP contribution in [-0.4, -0.2) is 17.6 Å². The van der Waals surface area contributed by atoms with Gasteiger partial charge in [-0.25, -0.2) is 4.79 Å². The summed E-state index contributed by atoms with van der Waals surface area (Å²) in [7, 11) is 0. The minimum Gasteiger partial charge on any atom is -0.479 e. The van der Waals surface area contributed by atoms with Crippen molar-refractivity contribution in [3.63, 3.8) is 0 Å². The number of hydrogen-bond acceptors (Lipinski definition) is 2. The van der Waals surface area contributed by atoms with Crippen LogP contribution >= 0.6 is 15.9 Å². The maximum absolute atomic E-state index is 11.3. The van der Waals surface area contributed by atoms with Gasteiger partial charge in [-0.3, -0.25) is 5.32 Å². The Labute approximate surface area is 104 Å². The molecule has 1 atom stereocenters. The molecule has 1 rings (SSSR count). The second-order valence-electron chi connectivity index (χ2n) is 3.61. The highest BCUT2D eigenvalue weighted by Gasteiger charge is 2.36. The highest BCUT2D eigenvalue weighted by Crippen LogP contribution is 2.28. The van der Waals surface area contributed by atoms with E-state index >= 15 is 0 Å². The van der Waals surface area contributed by atoms with Crippen LogP contribution < -0.4 is 5.32 Å². The highest BCUT2D eigenvalue weighted by atomic mass is 79.9. The number of benzene rings is 1. The molecule has 0 heterocycles. The van der Waals surface area contributed by atoms with Crippen LogP contribution in [0.1, 0.15) is 25.3 Å². The van der Waals surface area contributed by atoms with Crippen molar-refractivity contribution in [1.82, 2.24) is 5.32 Å². The van der Waals surface area contributed by atoms with Crippen molar-refractivity contribution in [3.8, 4) is 0 Å². The molecule has 1 aromatic rings. The van der Waals surface area contributed by atoms with Crippen LogP contribution in [0.15, 0.2) is 30.3 Å². The lowest BCUT2D eigenvalue weighted by molar-refractivity contribution is -0.140. The molecular weight excluding hydrogens is 270 g/mol. The zero-order chi connectivity index (χ0) is 12.0. The van der Waals surface area contributed by atoms with E-state index in [2.05, 4.69) is 28.2 Å². The number of carbonyl (C=O) groups is 1. The van der Waals surface area contributed by atoms with Gasteiger partial charge in [0, 0.05) is 0 Å². The van der Waals surface area contributed by atoms with E-state index in [0.717, 1.165) is 12.8 Å². The van der Waals surface area contributed by atoms with E-state index in [0.29, 0.717) is 12.1 Å². The van der Waals surface area contributed by atoms with E-state index in [1.54, 1.807) is 12.1 Å². The molecule has 2 N–H and O–H groups in total. The smallest absolute Gasteiger partial charge is 0.339 e. The van der Waals surface area contributed by atoms with Crippen LogP contribution in [0.5, 0.6) is 0 Å². The van der Waals surface area contributed by atoms with E-state index in [1.807, 2.05) is 18.2 Å². The normalized spacial score (nSPS) is 14.4. The Balaban J connectivity index is 2.85. The van der Waals surface area contributed by atoms with E-state index in [9.17, 15) is 9.90 Å². The van der Waals surface area contributed by atoms with Crippen LogP contribution in [-0.2, 0) is 9.24 Å². The second kappa shape index (κ2) is 6.01. The fourth-order valence-corrected chi connectivity index (χ4v) is 1.87. The molecule has 1 aromatic carbocycles. The molecule has 0 saturated carbocycles. The van der Waals surface area contributed by atoms with Gasteiger partial charge in [0.2, 0.25) is 0 Å². The van der Waals surface area contributed by atoms with Crippen molar-refractivity contribution >= 4 is 21.9 Å². The standard InChI is InChI=1S/C12H16BrNO2/c1-2-3-9-14-12(13,11(15)16)10-7-5-4-6-8-10/h4-8,14H,2-3,9H2,1H3,(H,15,16). The van der Waals surface area contributed by atoms with Gasteiger partial charge in [0.1, 0.15) is 0 Å². The van der Waals surface area contributed by atoms with E-state index in [1.165, 1.54) is 0 Å². The average molecular weight is 286 g/mol. The molecule has 3 nitrogen and oxygen atoms in total. The van der Waals surface area contributed by atoms with Crippen LogP contribution in [0.2, 0.25) is 0 Å². The number of nitrogens with one attached hydrogen (secondary N) is 1. The van der Waals surface area contributed by atoms with Crippen LogP contribution in [0.25, 0.3) is 0 Å². The minimum atomic E-state index is -1.18. The van der Waals surface area contributed by atoms with Crippen molar-refractivity contribution in [2.75, 3.05) is 6.54 Å². The Morgan fingerprint density at radius 3 is 2.56 bits per heavy atom. The maximum Gasteiger partial charge on any atom is 0.339 e. The summed E-state index contributed by atoms with van der Waals surface area (Å²) in [4.78, 5) is 11.3. The van der Waals surface area contributed by atoms with Gasteiger partial charge < -0.3 is 5.11 Å². The Morgan fingerprint density at radius 2 is 2.06 bits per heavy atom. The summed E-state index contributed by atoms with van der Waals surface area (Å²) in [5.41, 5.74) is 0.707. The average Bonchev–Trinajstić information content (AvgIpc) is 2.30. The number of aliphatic carboxylic acids is 1. The van der Waals surface area contributed by atoms with Gasteiger partial charge >= 0.3 is 5.97 Å². The van der Waals surface area contributed by atoms with Crippen molar-refractivity contribution in [3.05, 3.63) is 35.9 Å². The number of rotatable bonds is 6. The number of carboxylic acid groups (broad SMARTS) is 1. The molecule has 0 amide bonds. The number of carboxylic acids is 1. The van der Waals surface area contributed by atoms with Crippen LogP contribution in [0.3, 0.4) is 0 Å². The van der Waals surface area contributed by atoms with Gasteiger partial charge in [0.15, 0.2) is 4.45 Å². The predicted octanol–water partition coefficient (Wildman–Crippen LogP) is 2.71. The number of halogens is 1. The molecule has 88 valence electrons. The topological polar surface area (TPSA) is 49.3 Å². The van der Waals surface area contributed by atoms with Gasteiger partial charge in [0.25, 0.3) is 0 Å². The third kappa shape index (κ3) is 3.06. The quantitative estimate of drug-likeness (QED) is 0.480. The van der Waals surface area contributed by atoms with E-state index in [4.69, 9.17) is 0 Å². The molecule has 0 radical (unpaired) electrons. The zero-order valence-corrected chi connectivity index (χ0v) is 10.8. The molecule has 0 bridgehead atoms. The molecule has 0 fully saturated rings. The predicted molar refractivity (Wildman–Crippen MR) is 67.6 cm³/mol. The Morgan fingerprint density at radius 1 is 1.44 bits per heavy atom. The summed E-state index contributed by atoms with van der Waals surface area (Å²) >= 11 is 3.28. The summed E-state index contributed by atoms with van der Waals surface area (Å²) in [6.07, 6.45) is 1.98. The van der Waals surface area contributed by atoms with Gasteiger partial charge in [0.05, 0.1) is 0 Å². The monoisotopic (exact) mass is 285 g/mol. The lowest BCUT2D eigenvalue weighted by Crippen LogP contribution is -2.44. The van der Waals surface area contributed by atoms with Gasteiger partial charge in [-0.15, -0.1) is 0 Å². The third-order valence-electron chi connectivity index (χ3n) is 2.37. The number of hydrogen-bond donors (Lipinski definition) is 2.